The lowest BCUT2D eigenvalue weighted by atomic mass is 10.3. The van der Waals surface area contributed by atoms with Gasteiger partial charge in [-0.1, -0.05) is 6.07 Å². The van der Waals surface area contributed by atoms with E-state index in [1.165, 1.54) is 10.3 Å². The number of nitrogens with zero attached hydrogens (tertiary/aromatic N) is 2. The molecule has 3 nitrogen and oxygen atoms in total. The van der Waals surface area contributed by atoms with Crippen LogP contribution in [0.25, 0.3) is 10.2 Å². The van der Waals surface area contributed by atoms with E-state index >= 15 is 0 Å². The van der Waals surface area contributed by atoms with E-state index in [-0.39, 0.29) is 0 Å². The van der Waals surface area contributed by atoms with Gasteiger partial charge in [0.05, 0.1) is 11.4 Å². The van der Waals surface area contributed by atoms with Crippen molar-refractivity contribution in [2.45, 2.75) is 0 Å². The van der Waals surface area contributed by atoms with Crippen LogP contribution in [0.15, 0.2) is 29.4 Å². The Bertz CT molecular complexity index is 468. The molecular formula is C10H9N3S. The molecule has 0 fully saturated rings. The van der Waals surface area contributed by atoms with Crippen LogP contribution in [0.2, 0.25) is 0 Å². The summed E-state index contributed by atoms with van der Waals surface area (Å²) in [5.74, 6) is 1.02. The van der Waals surface area contributed by atoms with Gasteiger partial charge in [-0.05, 0) is 12.1 Å². The van der Waals surface area contributed by atoms with Gasteiger partial charge >= 0.3 is 0 Å². The molecule has 0 unspecified atom stereocenters. The van der Waals surface area contributed by atoms with Gasteiger partial charge in [-0.15, -0.1) is 11.3 Å². The molecule has 1 aliphatic rings. The van der Waals surface area contributed by atoms with Crippen molar-refractivity contribution in [3.63, 3.8) is 0 Å². The van der Waals surface area contributed by atoms with E-state index in [1.807, 2.05) is 12.3 Å². The highest BCUT2D eigenvalue weighted by molar-refractivity contribution is 7.20. The lowest BCUT2D eigenvalue weighted by Crippen LogP contribution is -2.18. The summed E-state index contributed by atoms with van der Waals surface area (Å²) >= 11 is 1.69. The zero-order chi connectivity index (χ0) is 9.38. The number of amidine groups is 1. The summed E-state index contributed by atoms with van der Waals surface area (Å²) in [7, 11) is 0. The van der Waals surface area contributed by atoms with E-state index in [2.05, 4.69) is 27.4 Å². The van der Waals surface area contributed by atoms with Gasteiger partial charge in [-0.2, -0.15) is 0 Å². The van der Waals surface area contributed by atoms with Crippen LogP contribution in [0.1, 0.15) is 4.88 Å². The summed E-state index contributed by atoms with van der Waals surface area (Å²) < 4.78 is 0. The van der Waals surface area contributed by atoms with Crippen LogP contribution in [0.3, 0.4) is 0 Å². The Hall–Kier alpha value is -1.42. The smallest absolute Gasteiger partial charge is 0.138 e. The first kappa shape index (κ1) is 7.94. The second kappa shape index (κ2) is 3.06. The highest BCUT2D eigenvalue weighted by atomic mass is 32.1. The predicted octanol–water partition coefficient (Wildman–Crippen LogP) is 1.65. The Morgan fingerprint density at radius 3 is 3.21 bits per heavy atom. The van der Waals surface area contributed by atoms with Crippen molar-refractivity contribution in [3.05, 3.63) is 29.3 Å². The van der Waals surface area contributed by atoms with E-state index in [1.54, 1.807) is 11.3 Å². The molecule has 2 aromatic rings. The fourth-order valence-electron chi connectivity index (χ4n) is 1.55. The number of thiophene rings is 1. The fourth-order valence-corrected chi connectivity index (χ4v) is 2.54. The van der Waals surface area contributed by atoms with E-state index in [4.69, 9.17) is 0 Å². The summed E-state index contributed by atoms with van der Waals surface area (Å²) in [6, 6.07) is 6.19. The summed E-state index contributed by atoms with van der Waals surface area (Å²) in [4.78, 5) is 11.0. The summed E-state index contributed by atoms with van der Waals surface area (Å²) in [5, 5.41) is 4.46. The van der Waals surface area contributed by atoms with Crippen LogP contribution in [-0.2, 0) is 0 Å². The number of hydrogen-bond acceptors (Lipinski definition) is 4. The molecule has 4 heteroatoms. The van der Waals surface area contributed by atoms with Crippen molar-refractivity contribution in [2.75, 3.05) is 13.1 Å². The van der Waals surface area contributed by atoms with Crippen molar-refractivity contribution >= 4 is 27.4 Å². The molecule has 14 heavy (non-hydrogen) atoms. The Balaban J connectivity index is 2.14. The largest absolute Gasteiger partial charge is 0.367 e. The van der Waals surface area contributed by atoms with Crippen molar-refractivity contribution in [1.29, 1.82) is 0 Å². The second-order valence-electron chi connectivity index (χ2n) is 3.17. The third-order valence-electron chi connectivity index (χ3n) is 2.20. The van der Waals surface area contributed by atoms with E-state index < -0.39 is 0 Å². The Kier molecular flexibility index (Phi) is 1.73. The van der Waals surface area contributed by atoms with Gasteiger partial charge < -0.3 is 5.32 Å². The quantitative estimate of drug-likeness (QED) is 0.765. The molecule has 1 aliphatic heterocycles. The van der Waals surface area contributed by atoms with E-state index in [0.29, 0.717) is 0 Å². The maximum Gasteiger partial charge on any atom is 0.138 e. The molecule has 0 amide bonds. The molecule has 0 saturated heterocycles. The standard InChI is InChI=1S/C10H9N3S/c1-2-7-6-8(9-11-4-5-12-9)14-10(7)13-3-1/h1-3,6H,4-5H2,(H,11,12). The molecule has 0 atom stereocenters. The average molecular weight is 203 g/mol. The Morgan fingerprint density at radius 1 is 1.43 bits per heavy atom. The van der Waals surface area contributed by atoms with Gasteiger partial charge in [0.1, 0.15) is 10.7 Å². The predicted molar refractivity (Wildman–Crippen MR) is 59.0 cm³/mol. The average Bonchev–Trinajstić information content (AvgIpc) is 2.86. The van der Waals surface area contributed by atoms with E-state index in [0.717, 1.165) is 23.8 Å². The SMILES string of the molecule is c1cnc2sc(C3=NCCN3)cc2c1. The summed E-state index contributed by atoms with van der Waals surface area (Å²) in [5.41, 5.74) is 0. The van der Waals surface area contributed by atoms with Crippen molar-refractivity contribution in [3.8, 4) is 0 Å². The van der Waals surface area contributed by atoms with Crippen molar-refractivity contribution < 1.29 is 0 Å². The highest BCUT2D eigenvalue weighted by Crippen LogP contribution is 2.23. The van der Waals surface area contributed by atoms with Crippen LogP contribution in [-0.4, -0.2) is 23.9 Å². The molecule has 0 bridgehead atoms. The lowest BCUT2D eigenvalue weighted by Gasteiger charge is -1.94. The fraction of sp³-hybridized carbons (Fsp3) is 0.200. The van der Waals surface area contributed by atoms with Gasteiger partial charge in [0.2, 0.25) is 0 Å². The molecule has 0 radical (unpaired) electrons. The molecule has 0 aliphatic carbocycles. The first-order valence-electron chi connectivity index (χ1n) is 4.57. The second-order valence-corrected chi connectivity index (χ2v) is 4.20. The molecule has 2 aromatic heterocycles. The Morgan fingerprint density at radius 2 is 2.43 bits per heavy atom. The van der Waals surface area contributed by atoms with Gasteiger partial charge in [0.15, 0.2) is 0 Å². The minimum Gasteiger partial charge on any atom is -0.367 e. The maximum absolute atomic E-state index is 4.39. The molecule has 0 saturated carbocycles. The number of rotatable bonds is 1. The zero-order valence-corrected chi connectivity index (χ0v) is 8.34. The van der Waals surface area contributed by atoms with Crippen molar-refractivity contribution in [2.24, 2.45) is 4.99 Å². The van der Waals surface area contributed by atoms with Gasteiger partial charge in [0.25, 0.3) is 0 Å². The van der Waals surface area contributed by atoms with Crippen LogP contribution >= 0.6 is 11.3 Å². The molecule has 1 N–H and O–H groups in total. The van der Waals surface area contributed by atoms with Crippen molar-refractivity contribution in [1.82, 2.24) is 10.3 Å². The molecule has 70 valence electrons. The van der Waals surface area contributed by atoms with Gasteiger partial charge in [-0.3, -0.25) is 4.99 Å². The van der Waals surface area contributed by atoms with Gasteiger partial charge in [-0.25, -0.2) is 4.98 Å². The number of pyridine rings is 1. The van der Waals surface area contributed by atoms with Crippen LogP contribution < -0.4 is 5.32 Å². The molecule has 0 aromatic carbocycles. The minimum absolute atomic E-state index is 0.886. The Labute approximate surface area is 85.5 Å². The molecule has 3 rings (SSSR count). The first-order valence-corrected chi connectivity index (χ1v) is 5.38. The number of hydrogen-bond donors (Lipinski definition) is 1. The third-order valence-corrected chi connectivity index (χ3v) is 3.27. The van der Waals surface area contributed by atoms with Crippen LogP contribution in [0, 0.1) is 0 Å². The maximum atomic E-state index is 4.39. The first-order chi connectivity index (χ1) is 6.93. The van der Waals surface area contributed by atoms with Crippen LogP contribution in [0.4, 0.5) is 0 Å². The highest BCUT2D eigenvalue weighted by Gasteiger charge is 2.11. The normalized spacial score (nSPS) is 15.6. The van der Waals surface area contributed by atoms with Crippen LogP contribution in [0.5, 0.6) is 0 Å². The summed E-state index contributed by atoms with van der Waals surface area (Å²) in [6.45, 7) is 1.84. The number of fused-ring (bicyclic) bond motifs is 1. The van der Waals surface area contributed by atoms with E-state index in [9.17, 15) is 0 Å². The molecule has 0 spiro atoms. The molecular weight excluding hydrogens is 194 g/mol. The number of nitrogens with one attached hydrogen (secondary N) is 1. The third kappa shape index (κ3) is 1.19. The monoisotopic (exact) mass is 203 g/mol. The zero-order valence-electron chi connectivity index (χ0n) is 7.53. The molecule has 3 heterocycles. The number of aliphatic imine (C=N–C) groups is 1. The minimum atomic E-state index is 0.886. The van der Waals surface area contributed by atoms with Gasteiger partial charge in [0, 0.05) is 18.1 Å². The lowest BCUT2D eigenvalue weighted by molar-refractivity contribution is 0.960. The number of aromatic nitrogens is 1. The summed E-state index contributed by atoms with van der Waals surface area (Å²) in [6.07, 6.45) is 1.83. The topological polar surface area (TPSA) is 37.3 Å².